The van der Waals surface area contributed by atoms with Crippen molar-refractivity contribution in [3.63, 3.8) is 0 Å². The number of sulfonamides is 1. The van der Waals surface area contributed by atoms with E-state index in [4.69, 9.17) is 4.74 Å². The summed E-state index contributed by atoms with van der Waals surface area (Å²) in [6, 6.07) is 18.3. The Labute approximate surface area is 177 Å². The Hall–Kier alpha value is -2.90. The highest BCUT2D eigenvalue weighted by Crippen LogP contribution is 2.24. The van der Waals surface area contributed by atoms with E-state index in [1.807, 2.05) is 49.4 Å². The van der Waals surface area contributed by atoms with E-state index >= 15 is 0 Å². The SMILES string of the molecule is CCN(CC)S(=O)(=O)c1ccc(C)c(NC(=O)COc2ccc3ccccc3c2)c1. The zero-order chi connectivity index (χ0) is 21.7. The zero-order valence-electron chi connectivity index (χ0n) is 17.4. The number of nitrogens with zero attached hydrogens (tertiary/aromatic N) is 1. The number of fused-ring (bicyclic) bond motifs is 1. The highest BCUT2D eigenvalue weighted by atomic mass is 32.2. The molecule has 0 saturated carbocycles. The first-order chi connectivity index (χ1) is 14.3. The normalized spacial score (nSPS) is 11.6. The van der Waals surface area contributed by atoms with Crippen LogP contribution in [0.5, 0.6) is 5.75 Å². The minimum Gasteiger partial charge on any atom is -0.484 e. The molecule has 1 N–H and O–H groups in total. The summed E-state index contributed by atoms with van der Waals surface area (Å²) in [5.74, 6) is 0.238. The predicted molar refractivity (Wildman–Crippen MR) is 119 cm³/mol. The Balaban J connectivity index is 1.71. The molecule has 158 valence electrons. The molecule has 0 heterocycles. The fraction of sp³-hybridized carbons (Fsp3) is 0.261. The molecular formula is C23H26N2O4S. The molecule has 0 atom stereocenters. The van der Waals surface area contributed by atoms with Crippen molar-refractivity contribution in [2.24, 2.45) is 0 Å². The molecule has 0 saturated heterocycles. The van der Waals surface area contributed by atoms with Gasteiger partial charge in [0.25, 0.3) is 5.91 Å². The molecule has 0 aromatic heterocycles. The van der Waals surface area contributed by atoms with Gasteiger partial charge in [-0.05, 0) is 47.5 Å². The Morgan fingerprint density at radius 3 is 2.37 bits per heavy atom. The van der Waals surface area contributed by atoms with E-state index in [1.165, 1.54) is 10.4 Å². The lowest BCUT2D eigenvalue weighted by Crippen LogP contribution is -2.30. The predicted octanol–water partition coefficient (Wildman–Crippen LogP) is 4.20. The van der Waals surface area contributed by atoms with Crippen LogP contribution in [-0.4, -0.2) is 38.3 Å². The molecule has 0 spiro atoms. The number of amides is 1. The standard InChI is InChI=1S/C23H26N2O4S/c1-4-25(5-2)30(27,28)21-13-10-17(3)22(15-21)24-23(26)16-29-20-12-11-18-8-6-7-9-19(18)14-20/h6-15H,4-5,16H2,1-3H3,(H,24,26). The lowest BCUT2D eigenvalue weighted by molar-refractivity contribution is -0.118. The average Bonchev–Trinajstić information content (AvgIpc) is 2.74. The molecule has 30 heavy (non-hydrogen) atoms. The van der Waals surface area contributed by atoms with E-state index in [-0.39, 0.29) is 17.4 Å². The Morgan fingerprint density at radius 2 is 1.67 bits per heavy atom. The average molecular weight is 427 g/mol. The third kappa shape index (κ3) is 4.80. The summed E-state index contributed by atoms with van der Waals surface area (Å²) < 4.78 is 32.5. The van der Waals surface area contributed by atoms with Gasteiger partial charge >= 0.3 is 0 Å². The van der Waals surface area contributed by atoms with Crippen molar-refractivity contribution >= 4 is 32.4 Å². The van der Waals surface area contributed by atoms with Crippen LogP contribution in [0.2, 0.25) is 0 Å². The monoisotopic (exact) mass is 426 g/mol. The van der Waals surface area contributed by atoms with Gasteiger partial charge in [-0.25, -0.2) is 8.42 Å². The molecule has 0 aliphatic heterocycles. The second-order valence-corrected chi connectivity index (χ2v) is 8.85. The number of nitrogens with one attached hydrogen (secondary N) is 1. The number of aryl methyl sites for hydroxylation is 1. The van der Waals surface area contributed by atoms with Crippen molar-refractivity contribution in [1.29, 1.82) is 0 Å². The van der Waals surface area contributed by atoms with Crippen LogP contribution in [-0.2, 0) is 14.8 Å². The number of rotatable bonds is 8. The first-order valence-electron chi connectivity index (χ1n) is 9.87. The van der Waals surface area contributed by atoms with Gasteiger partial charge in [0.2, 0.25) is 10.0 Å². The maximum atomic E-state index is 12.8. The van der Waals surface area contributed by atoms with Crippen LogP contribution in [0.25, 0.3) is 10.8 Å². The van der Waals surface area contributed by atoms with Crippen LogP contribution in [0.4, 0.5) is 5.69 Å². The summed E-state index contributed by atoms with van der Waals surface area (Å²) >= 11 is 0. The van der Waals surface area contributed by atoms with Crippen molar-refractivity contribution in [2.45, 2.75) is 25.7 Å². The number of benzene rings is 3. The highest BCUT2D eigenvalue weighted by Gasteiger charge is 2.22. The number of carbonyl (C=O) groups is 1. The van der Waals surface area contributed by atoms with Crippen LogP contribution < -0.4 is 10.1 Å². The molecule has 7 heteroatoms. The lowest BCUT2D eigenvalue weighted by atomic mass is 10.1. The Kier molecular flexibility index (Phi) is 6.74. The molecule has 1 amide bonds. The number of carbonyl (C=O) groups excluding carboxylic acids is 1. The number of anilines is 1. The van der Waals surface area contributed by atoms with Crippen molar-refractivity contribution in [3.05, 3.63) is 66.2 Å². The molecule has 6 nitrogen and oxygen atoms in total. The van der Waals surface area contributed by atoms with E-state index in [1.54, 1.807) is 26.0 Å². The molecule has 0 radical (unpaired) electrons. The summed E-state index contributed by atoms with van der Waals surface area (Å²) in [5, 5.41) is 4.88. The van der Waals surface area contributed by atoms with Crippen LogP contribution in [0.3, 0.4) is 0 Å². The van der Waals surface area contributed by atoms with E-state index in [2.05, 4.69) is 5.32 Å². The smallest absolute Gasteiger partial charge is 0.262 e. The van der Waals surface area contributed by atoms with Gasteiger partial charge in [-0.2, -0.15) is 4.31 Å². The topological polar surface area (TPSA) is 75.7 Å². The Bertz CT molecular complexity index is 1150. The molecule has 0 aliphatic rings. The molecule has 0 fully saturated rings. The highest BCUT2D eigenvalue weighted by molar-refractivity contribution is 7.89. The van der Waals surface area contributed by atoms with Gasteiger partial charge in [0.15, 0.2) is 6.61 Å². The zero-order valence-corrected chi connectivity index (χ0v) is 18.2. The fourth-order valence-corrected chi connectivity index (χ4v) is 4.69. The summed E-state index contributed by atoms with van der Waals surface area (Å²) in [6.45, 7) is 5.99. The fourth-order valence-electron chi connectivity index (χ4n) is 3.20. The second-order valence-electron chi connectivity index (χ2n) is 6.91. The Morgan fingerprint density at radius 1 is 0.967 bits per heavy atom. The van der Waals surface area contributed by atoms with Crippen LogP contribution in [0, 0.1) is 6.92 Å². The van der Waals surface area contributed by atoms with Crippen molar-refractivity contribution in [3.8, 4) is 5.75 Å². The summed E-state index contributed by atoms with van der Waals surface area (Å²) in [5.41, 5.74) is 1.22. The molecule has 3 rings (SSSR count). The maximum absolute atomic E-state index is 12.8. The van der Waals surface area contributed by atoms with Gasteiger partial charge in [-0.1, -0.05) is 50.2 Å². The van der Waals surface area contributed by atoms with Crippen LogP contribution in [0.1, 0.15) is 19.4 Å². The lowest BCUT2D eigenvalue weighted by Gasteiger charge is -2.19. The number of ether oxygens (including phenoxy) is 1. The van der Waals surface area contributed by atoms with Crippen molar-refractivity contribution in [1.82, 2.24) is 4.31 Å². The van der Waals surface area contributed by atoms with Crippen LogP contribution >= 0.6 is 0 Å². The number of hydrogen-bond donors (Lipinski definition) is 1. The molecule has 3 aromatic carbocycles. The van der Waals surface area contributed by atoms with Gasteiger partial charge in [-0.15, -0.1) is 0 Å². The van der Waals surface area contributed by atoms with Crippen molar-refractivity contribution in [2.75, 3.05) is 25.0 Å². The third-order valence-corrected chi connectivity index (χ3v) is 6.96. The van der Waals surface area contributed by atoms with Gasteiger partial charge in [0.05, 0.1) is 4.90 Å². The third-order valence-electron chi connectivity index (χ3n) is 4.92. The molecule has 0 bridgehead atoms. The van der Waals surface area contributed by atoms with Gasteiger partial charge in [0.1, 0.15) is 5.75 Å². The summed E-state index contributed by atoms with van der Waals surface area (Å²) in [4.78, 5) is 12.6. The number of hydrogen-bond acceptors (Lipinski definition) is 4. The van der Waals surface area contributed by atoms with Crippen LogP contribution in [0.15, 0.2) is 65.6 Å². The minimum absolute atomic E-state index is 0.155. The second kappa shape index (κ2) is 9.28. The minimum atomic E-state index is -3.60. The molecule has 0 unspecified atom stereocenters. The maximum Gasteiger partial charge on any atom is 0.262 e. The summed E-state index contributed by atoms with van der Waals surface area (Å²) in [6.07, 6.45) is 0. The molecular weight excluding hydrogens is 400 g/mol. The molecule has 3 aromatic rings. The molecule has 0 aliphatic carbocycles. The largest absolute Gasteiger partial charge is 0.484 e. The van der Waals surface area contributed by atoms with Crippen molar-refractivity contribution < 1.29 is 17.9 Å². The summed E-state index contributed by atoms with van der Waals surface area (Å²) in [7, 11) is -3.60. The first kappa shape index (κ1) is 21.8. The van der Waals surface area contributed by atoms with Gasteiger partial charge < -0.3 is 10.1 Å². The van der Waals surface area contributed by atoms with E-state index < -0.39 is 10.0 Å². The van der Waals surface area contributed by atoms with E-state index in [0.717, 1.165) is 16.3 Å². The first-order valence-corrected chi connectivity index (χ1v) is 11.3. The van der Waals surface area contributed by atoms with E-state index in [9.17, 15) is 13.2 Å². The van der Waals surface area contributed by atoms with Gasteiger partial charge in [0, 0.05) is 18.8 Å². The van der Waals surface area contributed by atoms with E-state index in [0.29, 0.717) is 24.5 Å². The van der Waals surface area contributed by atoms with Gasteiger partial charge in [-0.3, -0.25) is 4.79 Å². The quantitative estimate of drug-likeness (QED) is 0.586.